The predicted octanol–water partition coefficient (Wildman–Crippen LogP) is 11.0. The molecule has 0 radical (unpaired) electrons. The molecule has 0 amide bonds. The van der Waals surface area contributed by atoms with E-state index in [1.165, 1.54) is 5.56 Å². The molecular formula is C34H33O3P. The van der Waals surface area contributed by atoms with Gasteiger partial charge in [-0.2, -0.15) is 0 Å². The van der Waals surface area contributed by atoms with Crippen molar-refractivity contribution in [2.75, 3.05) is 0 Å². The molecule has 0 unspecified atom stereocenters. The molecule has 0 aliphatic rings. The maximum Gasteiger partial charge on any atom is 0.453 e. The van der Waals surface area contributed by atoms with Crippen molar-refractivity contribution in [2.45, 2.75) is 52.4 Å². The van der Waals surface area contributed by atoms with Crippen LogP contribution in [0.3, 0.4) is 0 Å². The summed E-state index contributed by atoms with van der Waals surface area (Å²) in [4.78, 5) is 0. The molecule has 6 aromatic rings. The minimum atomic E-state index is -1.76. The number of benzene rings is 5. The molecule has 0 spiro atoms. The maximum atomic E-state index is 6.62. The van der Waals surface area contributed by atoms with Gasteiger partial charge in [0.15, 0.2) is 0 Å². The topological polar surface area (TPSA) is 35.5 Å². The van der Waals surface area contributed by atoms with Gasteiger partial charge in [-0.3, -0.25) is 0 Å². The highest BCUT2D eigenvalue weighted by atomic mass is 31.1. The van der Waals surface area contributed by atoms with Crippen LogP contribution >= 0.6 is 8.24 Å². The van der Waals surface area contributed by atoms with Gasteiger partial charge in [0.2, 0.25) is 0 Å². The van der Waals surface area contributed by atoms with Gasteiger partial charge in [-0.1, -0.05) is 114 Å². The molecule has 192 valence electrons. The van der Waals surface area contributed by atoms with Crippen LogP contribution in [0.5, 0.6) is 5.75 Å². The fraction of sp³-hybridized carbons (Fsp3) is 0.235. The van der Waals surface area contributed by atoms with E-state index in [1.54, 1.807) is 0 Å². The van der Waals surface area contributed by atoms with Gasteiger partial charge in [-0.15, -0.1) is 0 Å². The van der Waals surface area contributed by atoms with Crippen LogP contribution in [-0.4, -0.2) is 0 Å². The molecule has 38 heavy (non-hydrogen) atoms. The standard InChI is InChI=1S/C34H33O3P/c1-33(2,3)24-17-20-28(27(21-24)34(4,5)6)35-38-36-29-18-15-22-11-7-9-13-25(22)31(29)32-26-14-10-8-12-23(26)16-19-30(32)37-38/h7-21H,1-6H3. The minimum absolute atomic E-state index is 0.0408. The van der Waals surface area contributed by atoms with E-state index in [1.807, 2.05) is 12.1 Å². The summed E-state index contributed by atoms with van der Waals surface area (Å²) in [6.45, 7) is 13.4. The van der Waals surface area contributed by atoms with Crippen LogP contribution < -0.4 is 4.52 Å². The SMILES string of the molecule is CC(C)(C)c1ccc(Op2oc3ccc4ccccc4c3c3c(ccc4ccccc43)o2)c(C(C)(C)C)c1. The Morgan fingerprint density at radius 1 is 0.579 bits per heavy atom. The zero-order chi connectivity index (χ0) is 26.7. The van der Waals surface area contributed by atoms with Gasteiger partial charge in [0, 0.05) is 16.3 Å². The van der Waals surface area contributed by atoms with Gasteiger partial charge in [0.1, 0.15) is 16.9 Å². The number of fused-ring (bicyclic) bond motifs is 7. The van der Waals surface area contributed by atoms with E-state index in [4.69, 9.17) is 12.9 Å². The third-order valence-corrected chi connectivity index (χ3v) is 8.24. The fourth-order valence-corrected chi connectivity index (χ4v) is 6.19. The molecule has 0 aliphatic heterocycles. The molecule has 1 aromatic heterocycles. The molecular weight excluding hydrogens is 487 g/mol. The highest BCUT2D eigenvalue weighted by Crippen LogP contribution is 2.44. The van der Waals surface area contributed by atoms with Crippen molar-refractivity contribution >= 4 is 51.7 Å². The summed E-state index contributed by atoms with van der Waals surface area (Å²) in [5, 5.41) is 6.67. The summed E-state index contributed by atoms with van der Waals surface area (Å²) >= 11 is 0. The van der Waals surface area contributed by atoms with Crippen LogP contribution in [-0.2, 0) is 10.8 Å². The van der Waals surface area contributed by atoms with Crippen LogP contribution in [0, 0.1) is 0 Å². The summed E-state index contributed by atoms with van der Waals surface area (Å²) in [6, 6.07) is 31.7. The Morgan fingerprint density at radius 2 is 1.11 bits per heavy atom. The second-order valence-electron chi connectivity index (χ2n) is 12.0. The fourth-order valence-electron chi connectivity index (χ4n) is 5.13. The van der Waals surface area contributed by atoms with E-state index in [0.717, 1.165) is 54.8 Å². The van der Waals surface area contributed by atoms with Crippen molar-refractivity contribution < 1.29 is 12.9 Å². The molecule has 0 saturated carbocycles. The van der Waals surface area contributed by atoms with E-state index in [2.05, 4.69) is 120 Å². The molecule has 3 nitrogen and oxygen atoms in total. The Bertz CT molecular complexity index is 1770. The van der Waals surface area contributed by atoms with Crippen molar-refractivity contribution in [3.05, 3.63) is 102 Å². The molecule has 0 aliphatic carbocycles. The van der Waals surface area contributed by atoms with Crippen LogP contribution in [0.25, 0.3) is 43.5 Å². The largest absolute Gasteiger partial charge is 0.453 e. The van der Waals surface area contributed by atoms with Gasteiger partial charge < -0.3 is 12.9 Å². The van der Waals surface area contributed by atoms with E-state index in [-0.39, 0.29) is 10.8 Å². The average molecular weight is 521 g/mol. The summed E-state index contributed by atoms with van der Waals surface area (Å²) in [7, 11) is -1.76. The van der Waals surface area contributed by atoms with Crippen molar-refractivity contribution in [1.29, 1.82) is 0 Å². The van der Waals surface area contributed by atoms with Crippen LogP contribution in [0.1, 0.15) is 52.7 Å². The lowest BCUT2D eigenvalue weighted by atomic mass is 9.80. The Morgan fingerprint density at radius 3 is 1.61 bits per heavy atom. The highest BCUT2D eigenvalue weighted by Gasteiger charge is 2.24. The Balaban J connectivity index is 1.66. The van der Waals surface area contributed by atoms with Gasteiger partial charge >= 0.3 is 8.24 Å². The molecule has 0 atom stereocenters. The van der Waals surface area contributed by atoms with Gasteiger partial charge in [0.25, 0.3) is 0 Å². The third-order valence-electron chi connectivity index (χ3n) is 7.20. The Hall–Kier alpha value is -3.68. The third kappa shape index (κ3) is 4.36. The van der Waals surface area contributed by atoms with Gasteiger partial charge in [0.05, 0.1) is 0 Å². The van der Waals surface area contributed by atoms with E-state index >= 15 is 0 Å². The lowest BCUT2D eigenvalue weighted by molar-refractivity contribution is 0.476. The quantitative estimate of drug-likeness (QED) is 0.228. The first-order chi connectivity index (χ1) is 18.1. The molecule has 0 saturated heterocycles. The Kier molecular flexibility index (Phi) is 5.81. The zero-order valence-corrected chi connectivity index (χ0v) is 23.7. The zero-order valence-electron chi connectivity index (χ0n) is 22.8. The average Bonchev–Trinajstić information content (AvgIpc) is 3.04. The van der Waals surface area contributed by atoms with Crippen molar-refractivity contribution in [3.63, 3.8) is 0 Å². The van der Waals surface area contributed by atoms with E-state index in [9.17, 15) is 0 Å². The van der Waals surface area contributed by atoms with Crippen LogP contribution in [0.2, 0.25) is 0 Å². The molecule has 4 heteroatoms. The molecule has 6 rings (SSSR count). The van der Waals surface area contributed by atoms with Crippen molar-refractivity contribution in [3.8, 4) is 5.75 Å². The van der Waals surface area contributed by atoms with Gasteiger partial charge in [-0.05, 0) is 56.1 Å². The lowest BCUT2D eigenvalue weighted by Gasteiger charge is -2.26. The number of rotatable bonds is 2. The number of hydrogen-bond acceptors (Lipinski definition) is 3. The summed E-state index contributed by atoms with van der Waals surface area (Å²) < 4.78 is 19.8. The van der Waals surface area contributed by atoms with Crippen LogP contribution in [0.15, 0.2) is 99.4 Å². The molecule has 0 N–H and O–H groups in total. The molecule has 0 bridgehead atoms. The molecule has 0 fully saturated rings. The first kappa shape index (κ1) is 24.6. The van der Waals surface area contributed by atoms with E-state index < -0.39 is 8.24 Å². The maximum absolute atomic E-state index is 6.62. The first-order valence-corrected chi connectivity index (χ1v) is 14.2. The first-order valence-electron chi connectivity index (χ1n) is 13.1. The summed E-state index contributed by atoms with van der Waals surface area (Å²) in [5.74, 6) is 0.795. The summed E-state index contributed by atoms with van der Waals surface area (Å²) in [6.07, 6.45) is 0. The second-order valence-corrected chi connectivity index (χ2v) is 13.0. The predicted molar refractivity (Wildman–Crippen MR) is 161 cm³/mol. The van der Waals surface area contributed by atoms with E-state index in [0.29, 0.717) is 0 Å². The second kappa shape index (κ2) is 8.96. The van der Waals surface area contributed by atoms with Gasteiger partial charge in [-0.25, -0.2) is 0 Å². The molecule has 5 aromatic carbocycles. The highest BCUT2D eigenvalue weighted by molar-refractivity contribution is 7.32. The van der Waals surface area contributed by atoms with Crippen molar-refractivity contribution in [2.24, 2.45) is 0 Å². The smallest absolute Gasteiger partial charge is 0.390 e. The normalized spacial score (nSPS) is 12.5. The summed E-state index contributed by atoms with van der Waals surface area (Å²) in [5.41, 5.74) is 3.89. The minimum Gasteiger partial charge on any atom is -0.390 e. The van der Waals surface area contributed by atoms with Crippen LogP contribution in [0.4, 0.5) is 0 Å². The monoisotopic (exact) mass is 520 g/mol. The lowest BCUT2D eigenvalue weighted by Crippen LogP contribution is -2.16. The molecule has 1 heterocycles. The number of hydrogen-bond donors (Lipinski definition) is 0. The van der Waals surface area contributed by atoms with Crippen molar-refractivity contribution in [1.82, 2.24) is 0 Å². The Labute approximate surface area is 224 Å².